The quantitative estimate of drug-likeness (QED) is 0.820. The molecule has 0 bridgehead atoms. The molecule has 0 spiro atoms. The van der Waals surface area contributed by atoms with Crippen LogP contribution in [0.5, 0.6) is 0 Å². The molecule has 0 aromatic carbocycles. The zero-order valence-electron chi connectivity index (χ0n) is 7.45. The lowest BCUT2D eigenvalue weighted by molar-refractivity contribution is -0.145. The standard InChI is InChI=1S/C8H7F3N3O/c9-8(10,11)7-13-3-5(4-14-7)1-2-6(12)15/h1,3-4H,2H2,(H2,12,15). The molecular formula is C8H7F3N3O. The van der Waals surface area contributed by atoms with Crippen molar-refractivity contribution in [3.63, 3.8) is 0 Å². The van der Waals surface area contributed by atoms with E-state index in [1.165, 1.54) is 6.42 Å². The summed E-state index contributed by atoms with van der Waals surface area (Å²) in [6, 6.07) is 0. The van der Waals surface area contributed by atoms with Crippen LogP contribution in [0.15, 0.2) is 12.4 Å². The first-order valence-corrected chi connectivity index (χ1v) is 3.90. The summed E-state index contributed by atoms with van der Waals surface area (Å²) in [6.45, 7) is 0. The molecule has 7 heteroatoms. The van der Waals surface area contributed by atoms with Gasteiger partial charge in [-0.3, -0.25) is 4.79 Å². The highest BCUT2D eigenvalue weighted by Crippen LogP contribution is 2.25. The molecule has 0 aliphatic rings. The number of alkyl halides is 3. The molecule has 1 rings (SSSR count). The zero-order chi connectivity index (χ0) is 11.5. The topological polar surface area (TPSA) is 68.9 Å². The van der Waals surface area contributed by atoms with Gasteiger partial charge in [0.1, 0.15) is 0 Å². The third-order valence-electron chi connectivity index (χ3n) is 1.46. The number of nitrogens with zero attached hydrogens (tertiary/aromatic N) is 2. The summed E-state index contributed by atoms with van der Waals surface area (Å²) in [5.41, 5.74) is 5.17. The number of hydrogen-bond donors (Lipinski definition) is 1. The fourth-order valence-corrected chi connectivity index (χ4v) is 0.808. The van der Waals surface area contributed by atoms with Crippen molar-refractivity contribution in [1.29, 1.82) is 0 Å². The minimum Gasteiger partial charge on any atom is -0.370 e. The van der Waals surface area contributed by atoms with Crippen LogP contribution in [-0.2, 0) is 11.0 Å². The third kappa shape index (κ3) is 3.53. The minimum atomic E-state index is -4.55. The summed E-state index contributed by atoms with van der Waals surface area (Å²) < 4.78 is 36.1. The van der Waals surface area contributed by atoms with Crippen LogP contribution in [0.4, 0.5) is 13.2 Å². The van der Waals surface area contributed by atoms with Crippen molar-refractivity contribution in [3.8, 4) is 0 Å². The Bertz CT molecular complexity index is 347. The lowest BCUT2D eigenvalue weighted by atomic mass is 10.2. The minimum absolute atomic E-state index is 0.0608. The highest BCUT2D eigenvalue weighted by molar-refractivity contribution is 5.75. The fraction of sp³-hybridized carbons (Fsp3) is 0.250. The van der Waals surface area contributed by atoms with Gasteiger partial charge in [0.25, 0.3) is 0 Å². The number of amides is 1. The smallest absolute Gasteiger partial charge is 0.370 e. The van der Waals surface area contributed by atoms with Gasteiger partial charge >= 0.3 is 6.18 Å². The molecule has 1 aromatic rings. The Kier molecular flexibility index (Phi) is 3.23. The second kappa shape index (κ2) is 4.24. The summed E-state index contributed by atoms with van der Waals surface area (Å²) in [6.07, 6.45) is -1.29. The second-order valence-electron chi connectivity index (χ2n) is 2.71. The molecule has 0 unspecified atom stereocenters. The number of nitrogens with two attached hydrogens (primary N) is 1. The number of aromatic nitrogens is 2. The van der Waals surface area contributed by atoms with Crippen LogP contribution >= 0.6 is 0 Å². The SMILES string of the molecule is NC(=O)C[CH]c1cnc(C(F)(F)F)nc1. The van der Waals surface area contributed by atoms with E-state index in [0.717, 1.165) is 12.4 Å². The van der Waals surface area contributed by atoms with E-state index in [4.69, 9.17) is 5.73 Å². The number of rotatable bonds is 3. The van der Waals surface area contributed by atoms with Gasteiger partial charge in [0.05, 0.1) is 0 Å². The van der Waals surface area contributed by atoms with Gasteiger partial charge in [0, 0.05) is 25.2 Å². The van der Waals surface area contributed by atoms with E-state index in [1.807, 2.05) is 0 Å². The van der Waals surface area contributed by atoms with Crippen LogP contribution in [0.2, 0.25) is 0 Å². The van der Waals surface area contributed by atoms with Crippen molar-refractivity contribution in [3.05, 3.63) is 30.2 Å². The van der Waals surface area contributed by atoms with E-state index in [-0.39, 0.29) is 6.42 Å². The maximum atomic E-state index is 12.0. The lowest BCUT2D eigenvalue weighted by Crippen LogP contribution is -2.12. The van der Waals surface area contributed by atoms with Gasteiger partial charge in [-0.05, 0) is 5.56 Å². The number of primary amides is 1. The molecule has 1 radical (unpaired) electrons. The van der Waals surface area contributed by atoms with Crippen molar-refractivity contribution in [2.24, 2.45) is 5.73 Å². The molecule has 4 nitrogen and oxygen atoms in total. The number of carbonyl (C=O) groups is 1. The van der Waals surface area contributed by atoms with Crippen LogP contribution in [-0.4, -0.2) is 15.9 Å². The van der Waals surface area contributed by atoms with E-state index in [0.29, 0.717) is 5.56 Å². The number of halogens is 3. The predicted molar refractivity (Wildman–Crippen MR) is 44.2 cm³/mol. The Morgan fingerprint density at radius 3 is 2.33 bits per heavy atom. The Labute approximate surface area is 83.3 Å². The van der Waals surface area contributed by atoms with Gasteiger partial charge in [0.15, 0.2) is 0 Å². The monoisotopic (exact) mass is 218 g/mol. The molecule has 2 N–H and O–H groups in total. The van der Waals surface area contributed by atoms with Crippen molar-refractivity contribution < 1.29 is 18.0 Å². The molecule has 0 aliphatic heterocycles. The Morgan fingerprint density at radius 2 is 1.93 bits per heavy atom. The van der Waals surface area contributed by atoms with E-state index < -0.39 is 17.9 Å². The van der Waals surface area contributed by atoms with Crippen molar-refractivity contribution in [2.75, 3.05) is 0 Å². The Morgan fingerprint density at radius 1 is 1.40 bits per heavy atom. The lowest BCUT2D eigenvalue weighted by Gasteiger charge is -2.04. The normalized spacial score (nSPS) is 11.4. The molecule has 81 valence electrons. The molecule has 15 heavy (non-hydrogen) atoms. The molecule has 1 heterocycles. The average Bonchev–Trinajstić information content (AvgIpc) is 2.14. The third-order valence-corrected chi connectivity index (χ3v) is 1.46. The molecule has 0 saturated heterocycles. The van der Waals surface area contributed by atoms with E-state index in [9.17, 15) is 18.0 Å². The van der Waals surface area contributed by atoms with Crippen LogP contribution in [0.3, 0.4) is 0 Å². The van der Waals surface area contributed by atoms with Crippen molar-refractivity contribution >= 4 is 5.91 Å². The van der Waals surface area contributed by atoms with Gasteiger partial charge in [-0.1, -0.05) is 0 Å². The average molecular weight is 218 g/mol. The van der Waals surface area contributed by atoms with Crippen LogP contribution < -0.4 is 5.73 Å². The van der Waals surface area contributed by atoms with Gasteiger partial charge in [-0.25, -0.2) is 9.97 Å². The van der Waals surface area contributed by atoms with Crippen LogP contribution in [0, 0.1) is 6.42 Å². The summed E-state index contributed by atoms with van der Waals surface area (Å²) in [5, 5.41) is 0. The number of carbonyl (C=O) groups excluding carboxylic acids is 1. The van der Waals surface area contributed by atoms with Crippen molar-refractivity contribution in [1.82, 2.24) is 9.97 Å². The van der Waals surface area contributed by atoms with Gasteiger partial charge in [-0.15, -0.1) is 0 Å². The predicted octanol–water partition coefficient (Wildman–Crippen LogP) is 0.923. The van der Waals surface area contributed by atoms with Gasteiger partial charge < -0.3 is 5.73 Å². The molecule has 0 aliphatic carbocycles. The first kappa shape index (κ1) is 11.4. The van der Waals surface area contributed by atoms with E-state index >= 15 is 0 Å². The highest BCUT2D eigenvalue weighted by atomic mass is 19.4. The van der Waals surface area contributed by atoms with Crippen molar-refractivity contribution in [2.45, 2.75) is 12.6 Å². The largest absolute Gasteiger partial charge is 0.451 e. The summed E-state index contributed by atoms with van der Waals surface area (Å²) >= 11 is 0. The van der Waals surface area contributed by atoms with E-state index in [2.05, 4.69) is 9.97 Å². The first-order valence-electron chi connectivity index (χ1n) is 3.90. The zero-order valence-corrected chi connectivity index (χ0v) is 7.45. The molecular weight excluding hydrogens is 211 g/mol. The molecule has 0 fully saturated rings. The maximum Gasteiger partial charge on any atom is 0.451 e. The van der Waals surface area contributed by atoms with Crippen LogP contribution in [0.1, 0.15) is 17.8 Å². The second-order valence-corrected chi connectivity index (χ2v) is 2.71. The fourth-order valence-electron chi connectivity index (χ4n) is 0.808. The maximum absolute atomic E-state index is 12.0. The number of hydrogen-bond acceptors (Lipinski definition) is 3. The summed E-state index contributed by atoms with van der Waals surface area (Å²) in [5.74, 6) is -1.78. The Hall–Kier alpha value is -1.66. The molecule has 1 aromatic heterocycles. The molecule has 1 amide bonds. The Balaban J connectivity index is 2.69. The molecule has 0 atom stereocenters. The highest BCUT2D eigenvalue weighted by Gasteiger charge is 2.34. The van der Waals surface area contributed by atoms with Gasteiger partial charge in [-0.2, -0.15) is 13.2 Å². The van der Waals surface area contributed by atoms with Gasteiger partial charge in [0.2, 0.25) is 11.7 Å². The summed E-state index contributed by atoms with van der Waals surface area (Å²) in [4.78, 5) is 16.6. The van der Waals surface area contributed by atoms with E-state index in [1.54, 1.807) is 0 Å². The molecule has 0 saturated carbocycles. The van der Waals surface area contributed by atoms with Crippen LogP contribution in [0.25, 0.3) is 0 Å². The summed E-state index contributed by atoms with van der Waals surface area (Å²) in [7, 11) is 0. The first-order chi connectivity index (χ1) is 6.89.